The molecular formula is C22H21N3O2S. The number of hydrogen-bond acceptors (Lipinski definition) is 5. The Labute approximate surface area is 167 Å². The molecule has 0 radical (unpaired) electrons. The van der Waals surface area contributed by atoms with Crippen LogP contribution in [-0.4, -0.2) is 28.5 Å². The zero-order chi connectivity index (χ0) is 18.9. The van der Waals surface area contributed by atoms with Crippen LogP contribution >= 0.6 is 11.3 Å². The van der Waals surface area contributed by atoms with Gasteiger partial charge in [0, 0.05) is 24.4 Å². The lowest BCUT2D eigenvalue weighted by molar-refractivity contribution is 0.0936. The number of aromatic nitrogens is 2. The molecule has 3 aromatic rings. The summed E-state index contributed by atoms with van der Waals surface area (Å²) in [6.45, 7) is 0.500. The van der Waals surface area contributed by atoms with Gasteiger partial charge in [0.15, 0.2) is 0 Å². The van der Waals surface area contributed by atoms with E-state index in [1.54, 1.807) is 29.9 Å². The Hall–Kier alpha value is -2.73. The number of thiophene rings is 1. The molecular weight excluding hydrogens is 370 g/mol. The lowest BCUT2D eigenvalue weighted by Gasteiger charge is -2.15. The Morgan fingerprint density at radius 3 is 3.04 bits per heavy atom. The molecule has 0 saturated carbocycles. The molecule has 0 bridgehead atoms. The Balaban J connectivity index is 1.28. The summed E-state index contributed by atoms with van der Waals surface area (Å²) in [5.41, 5.74) is 5.52. The fraction of sp³-hybridized carbons (Fsp3) is 0.318. The van der Waals surface area contributed by atoms with Crippen molar-refractivity contribution >= 4 is 17.2 Å². The maximum atomic E-state index is 12.7. The highest BCUT2D eigenvalue weighted by molar-refractivity contribution is 7.12. The van der Waals surface area contributed by atoms with Crippen LogP contribution in [0.3, 0.4) is 0 Å². The number of benzene rings is 1. The minimum Gasteiger partial charge on any atom is -0.487 e. The van der Waals surface area contributed by atoms with Gasteiger partial charge in [0.05, 0.1) is 23.3 Å². The van der Waals surface area contributed by atoms with Crippen LogP contribution in [0.15, 0.2) is 42.2 Å². The zero-order valence-corrected chi connectivity index (χ0v) is 16.3. The molecule has 5 rings (SSSR count). The van der Waals surface area contributed by atoms with Crippen molar-refractivity contribution in [2.24, 2.45) is 0 Å². The number of carbonyl (C=O) groups is 1. The molecule has 1 unspecified atom stereocenters. The second kappa shape index (κ2) is 7.36. The summed E-state index contributed by atoms with van der Waals surface area (Å²) < 4.78 is 6.19. The second-order valence-corrected chi connectivity index (χ2v) is 8.19. The number of rotatable bonds is 4. The van der Waals surface area contributed by atoms with E-state index < -0.39 is 0 Å². The SMILES string of the molecule is O=C(NCC1Cc2cccc(-c3cnccn3)c2O1)c1scc2c1CCCC2. The van der Waals surface area contributed by atoms with Gasteiger partial charge in [-0.1, -0.05) is 12.1 Å². The van der Waals surface area contributed by atoms with Gasteiger partial charge in [-0.3, -0.25) is 14.8 Å². The van der Waals surface area contributed by atoms with E-state index in [1.165, 1.54) is 24.0 Å². The molecule has 1 N–H and O–H groups in total. The summed E-state index contributed by atoms with van der Waals surface area (Å²) in [6.07, 6.45) is 10.3. The molecule has 1 aromatic carbocycles. The Bertz CT molecular complexity index is 1020. The number of nitrogens with zero attached hydrogens (tertiary/aromatic N) is 2. The van der Waals surface area contributed by atoms with E-state index in [2.05, 4.69) is 26.7 Å². The average molecular weight is 391 g/mol. The minimum absolute atomic E-state index is 0.0295. The third kappa shape index (κ3) is 3.18. The first-order chi connectivity index (χ1) is 13.8. The summed E-state index contributed by atoms with van der Waals surface area (Å²) >= 11 is 1.57. The smallest absolute Gasteiger partial charge is 0.261 e. The third-order valence-electron chi connectivity index (χ3n) is 5.47. The topological polar surface area (TPSA) is 64.1 Å². The van der Waals surface area contributed by atoms with E-state index in [4.69, 9.17) is 4.74 Å². The van der Waals surface area contributed by atoms with Crippen molar-refractivity contribution < 1.29 is 9.53 Å². The molecule has 28 heavy (non-hydrogen) atoms. The zero-order valence-electron chi connectivity index (χ0n) is 15.5. The molecule has 5 nitrogen and oxygen atoms in total. The van der Waals surface area contributed by atoms with Crippen LogP contribution < -0.4 is 10.1 Å². The van der Waals surface area contributed by atoms with Crippen LogP contribution in [0.4, 0.5) is 0 Å². The highest BCUT2D eigenvalue weighted by Crippen LogP contribution is 2.37. The Kier molecular flexibility index (Phi) is 4.56. The van der Waals surface area contributed by atoms with Crippen molar-refractivity contribution in [1.29, 1.82) is 0 Å². The minimum atomic E-state index is -0.0624. The van der Waals surface area contributed by atoms with Gasteiger partial charge in [0.1, 0.15) is 11.9 Å². The van der Waals surface area contributed by atoms with Gasteiger partial charge >= 0.3 is 0 Å². The van der Waals surface area contributed by atoms with Crippen molar-refractivity contribution in [1.82, 2.24) is 15.3 Å². The molecule has 0 saturated heterocycles. The molecule has 0 spiro atoms. The van der Waals surface area contributed by atoms with Gasteiger partial charge in [-0.25, -0.2) is 0 Å². The van der Waals surface area contributed by atoms with E-state index in [9.17, 15) is 4.79 Å². The molecule has 0 fully saturated rings. The van der Waals surface area contributed by atoms with Crippen molar-refractivity contribution in [3.63, 3.8) is 0 Å². The number of para-hydroxylation sites is 1. The van der Waals surface area contributed by atoms with Crippen LogP contribution in [0.5, 0.6) is 5.75 Å². The van der Waals surface area contributed by atoms with E-state index in [0.717, 1.165) is 46.7 Å². The first-order valence-electron chi connectivity index (χ1n) is 9.72. The van der Waals surface area contributed by atoms with Crippen LogP contribution in [0, 0.1) is 0 Å². The predicted molar refractivity (Wildman–Crippen MR) is 109 cm³/mol. The normalized spacial score (nSPS) is 17.5. The van der Waals surface area contributed by atoms with E-state index in [1.807, 2.05) is 12.1 Å². The summed E-state index contributed by atoms with van der Waals surface area (Å²) in [5.74, 6) is 0.887. The molecule has 1 atom stereocenters. The lowest BCUT2D eigenvalue weighted by Crippen LogP contribution is -2.34. The highest BCUT2D eigenvalue weighted by Gasteiger charge is 2.27. The van der Waals surface area contributed by atoms with Crippen molar-refractivity contribution in [2.45, 2.75) is 38.2 Å². The van der Waals surface area contributed by atoms with Crippen LogP contribution in [0.25, 0.3) is 11.3 Å². The molecule has 6 heteroatoms. The molecule has 1 aliphatic heterocycles. The fourth-order valence-electron chi connectivity index (χ4n) is 4.09. The maximum absolute atomic E-state index is 12.7. The quantitative estimate of drug-likeness (QED) is 0.734. The van der Waals surface area contributed by atoms with E-state index in [-0.39, 0.29) is 12.0 Å². The predicted octanol–water partition coefficient (Wildman–Crippen LogP) is 3.82. The monoisotopic (exact) mass is 391 g/mol. The molecule has 2 aromatic heterocycles. The van der Waals surface area contributed by atoms with Crippen LogP contribution in [0.2, 0.25) is 0 Å². The molecule has 142 valence electrons. The van der Waals surface area contributed by atoms with Crippen molar-refractivity contribution in [3.8, 4) is 17.0 Å². The second-order valence-electron chi connectivity index (χ2n) is 7.31. The van der Waals surface area contributed by atoms with Gasteiger partial charge in [-0.05, 0) is 53.8 Å². The fourth-order valence-corrected chi connectivity index (χ4v) is 5.16. The first-order valence-corrected chi connectivity index (χ1v) is 10.6. The first kappa shape index (κ1) is 17.4. The Morgan fingerprint density at radius 2 is 2.14 bits per heavy atom. The largest absolute Gasteiger partial charge is 0.487 e. The van der Waals surface area contributed by atoms with Gasteiger partial charge in [0.25, 0.3) is 5.91 Å². The van der Waals surface area contributed by atoms with Crippen LogP contribution in [-0.2, 0) is 19.3 Å². The Morgan fingerprint density at radius 1 is 1.21 bits per heavy atom. The van der Waals surface area contributed by atoms with Gasteiger partial charge in [0.2, 0.25) is 0 Å². The lowest BCUT2D eigenvalue weighted by atomic mass is 9.94. The molecule has 2 aliphatic rings. The van der Waals surface area contributed by atoms with Crippen LogP contribution in [0.1, 0.15) is 39.2 Å². The van der Waals surface area contributed by atoms with E-state index in [0.29, 0.717) is 6.54 Å². The summed E-state index contributed by atoms with van der Waals surface area (Å²) in [6, 6.07) is 6.10. The van der Waals surface area contributed by atoms with Gasteiger partial charge in [-0.2, -0.15) is 0 Å². The maximum Gasteiger partial charge on any atom is 0.261 e. The number of ether oxygens (including phenoxy) is 1. The number of aryl methyl sites for hydroxylation is 1. The summed E-state index contributed by atoms with van der Waals surface area (Å²) in [5, 5.41) is 5.24. The average Bonchev–Trinajstić information content (AvgIpc) is 3.36. The van der Waals surface area contributed by atoms with E-state index >= 15 is 0 Å². The van der Waals surface area contributed by atoms with Crippen molar-refractivity contribution in [2.75, 3.05) is 6.54 Å². The number of carbonyl (C=O) groups excluding carboxylic acids is 1. The molecule has 1 amide bonds. The highest BCUT2D eigenvalue weighted by atomic mass is 32.1. The van der Waals surface area contributed by atoms with Gasteiger partial charge in [-0.15, -0.1) is 11.3 Å². The standard InChI is InChI=1S/C22H21N3O2S/c26-22(21-17-6-2-1-4-15(17)13-28-21)25-11-16-10-14-5-3-7-18(20(14)27-16)19-12-23-8-9-24-19/h3,5,7-9,12-13,16H,1-2,4,6,10-11H2,(H,25,26). The van der Waals surface area contributed by atoms with Crippen molar-refractivity contribution in [3.05, 3.63) is 63.7 Å². The van der Waals surface area contributed by atoms with Gasteiger partial charge < -0.3 is 10.1 Å². The number of hydrogen-bond donors (Lipinski definition) is 1. The number of amides is 1. The molecule has 3 heterocycles. The molecule has 1 aliphatic carbocycles. The summed E-state index contributed by atoms with van der Waals surface area (Å²) in [4.78, 5) is 22.1. The number of nitrogens with one attached hydrogen (secondary N) is 1. The summed E-state index contributed by atoms with van der Waals surface area (Å²) in [7, 11) is 0. The number of fused-ring (bicyclic) bond motifs is 2. The third-order valence-corrected chi connectivity index (χ3v) is 6.54.